The number of hydrogen-bond acceptors (Lipinski definition) is 2. The van der Waals surface area contributed by atoms with Gasteiger partial charge in [-0.25, -0.2) is 9.97 Å². The minimum absolute atomic E-state index is 0.913. The van der Waals surface area contributed by atoms with Crippen LogP contribution in [0.25, 0.3) is 32.6 Å². The maximum atomic E-state index is 4.91. The van der Waals surface area contributed by atoms with E-state index in [1.54, 1.807) is 0 Å². The number of aromatic nitrogens is 2. The minimum Gasteiger partial charge on any atom is -0.249 e. The molecule has 0 atom stereocenters. The normalized spacial score (nSPS) is 11.5. The summed E-state index contributed by atoms with van der Waals surface area (Å²) in [5, 5.41) is 4.87. The number of aryl methyl sites for hydroxylation is 2. The average Bonchev–Trinajstić information content (AvgIpc) is 2.54. The average molecular weight is 272 g/mol. The molecule has 4 aromatic rings. The van der Waals surface area contributed by atoms with Gasteiger partial charge in [0.15, 0.2) is 0 Å². The molecule has 4 rings (SSSR count). The van der Waals surface area contributed by atoms with Gasteiger partial charge >= 0.3 is 0 Å². The summed E-state index contributed by atoms with van der Waals surface area (Å²) in [5.74, 6) is 0. The van der Waals surface area contributed by atoms with E-state index in [0.717, 1.165) is 28.8 Å². The summed E-state index contributed by atoms with van der Waals surface area (Å²) in [5.41, 5.74) is 4.15. The summed E-state index contributed by atoms with van der Waals surface area (Å²) in [6, 6.07) is 16.9. The van der Waals surface area contributed by atoms with Crippen LogP contribution in [0.3, 0.4) is 0 Å². The fourth-order valence-corrected chi connectivity index (χ4v) is 3.11. The molecule has 2 nitrogen and oxygen atoms in total. The number of rotatable bonds is 1. The van der Waals surface area contributed by atoms with Crippen LogP contribution >= 0.6 is 0 Å². The number of hydrogen-bond donors (Lipinski definition) is 0. The van der Waals surface area contributed by atoms with E-state index in [1.807, 2.05) is 0 Å². The fourth-order valence-electron chi connectivity index (χ4n) is 3.11. The van der Waals surface area contributed by atoms with Gasteiger partial charge in [-0.2, -0.15) is 0 Å². The molecule has 0 amide bonds. The van der Waals surface area contributed by atoms with Crippen LogP contribution in [-0.4, -0.2) is 9.97 Å². The van der Waals surface area contributed by atoms with Gasteiger partial charge in [-0.3, -0.25) is 0 Å². The first-order valence-electron chi connectivity index (χ1n) is 7.36. The Balaban J connectivity index is 2.36. The highest BCUT2D eigenvalue weighted by molar-refractivity contribution is 6.22. The molecule has 0 fully saturated rings. The maximum Gasteiger partial charge on any atom is 0.0975 e. The summed E-state index contributed by atoms with van der Waals surface area (Å²) in [6.45, 7) is 4.18. The van der Waals surface area contributed by atoms with Crippen molar-refractivity contribution in [2.45, 2.75) is 20.3 Å². The third-order valence-corrected chi connectivity index (χ3v) is 4.16. The van der Waals surface area contributed by atoms with E-state index in [-0.39, 0.29) is 0 Å². The molecular formula is C19H16N2. The first kappa shape index (κ1) is 12.3. The molecule has 0 radical (unpaired) electrons. The number of benzene rings is 3. The molecule has 1 heterocycles. The van der Waals surface area contributed by atoms with Crippen molar-refractivity contribution in [2.75, 3.05) is 0 Å². The first-order chi connectivity index (χ1) is 10.3. The molecule has 21 heavy (non-hydrogen) atoms. The van der Waals surface area contributed by atoms with Crippen LogP contribution in [0.5, 0.6) is 0 Å². The molecule has 1 aromatic heterocycles. The predicted octanol–water partition coefficient (Wildman–Crippen LogP) is 4.81. The highest BCUT2D eigenvalue weighted by Gasteiger charge is 2.12. The lowest BCUT2D eigenvalue weighted by atomic mass is 9.99. The zero-order valence-electron chi connectivity index (χ0n) is 12.2. The first-order valence-corrected chi connectivity index (χ1v) is 7.36. The van der Waals surface area contributed by atoms with Gasteiger partial charge in [-0.05, 0) is 24.1 Å². The van der Waals surface area contributed by atoms with Crippen molar-refractivity contribution >= 4 is 32.6 Å². The molecule has 3 aromatic carbocycles. The van der Waals surface area contributed by atoms with E-state index in [0.29, 0.717) is 0 Å². The Morgan fingerprint density at radius 1 is 0.714 bits per heavy atom. The fraction of sp³-hybridized carbons (Fsp3) is 0.158. The predicted molar refractivity (Wildman–Crippen MR) is 88.7 cm³/mol. The molecule has 0 saturated carbocycles. The standard InChI is InChI=1S/C19H16N2/c1-3-17-12(2)20-18-15-10-6-4-8-13(15)14-9-5-7-11-16(14)19(18)21-17/h4-11H,3H2,1-2H3. The zero-order valence-corrected chi connectivity index (χ0v) is 12.2. The summed E-state index contributed by atoms with van der Waals surface area (Å²) in [6.07, 6.45) is 0.913. The molecule has 0 aliphatic rings. The molecule has 0 unspecified atom stereocenters. The van der Waals surface area contributed by atoms with Gasteiger partial charge in [0.25, 0.3) is 0 Å². The highest BCUT2D eigenvalue weighted by atomic mass is 14.8. The van der Waals surface area contributed by atoms with Gasteiger partial charge in [0.1, 0.15) is 0 Å². The minimum atomic E-state index is 0.913. The van der Waals surface area contributed by atoms with Crippen molar-refractivity contribution in [1.82, 2.24) is 9.97 Å². The lowest BCUT2D eigenvalue weighted by Gasteiger charge is -2.11. The molecule has 0 bridgehead atoms. The summed E-state index contributed by atoms with van der Waals surface area (Å²) < 4.78 is 0. The van der Waals surface area contributed by atoms with Gasteiger partial charge in [-0.15, -0.1) is 0 Å². The van der Waals surface area contributed by atoms with Crippen LogP contribution in [0.4, 0.5) is 0 Å². The smallest absolute Gasteiger partial charge is 0.0975 e. The van der Waals surface area contributed by atoms with Crippen LogP contribution in [0, 0.1) is 6.92 Å². The second-order valence-electron chi connectivity index (χ2n) is 5.40. The van der Waals surface area contributed by atoms with Gasteiger partial charge in [-0.1, -0.05) is 55.5 Å². The molecule has 0 saturated heterocycles. The van der Waals surface area contributed by atoms with Crippen molar-refractivity contribution in [3.8, 4) is 0 Å². The largest absolute Gasteiger partial charge is 0.249 e. The van der Waals surface area contributed by atoms with Crippen molar-refractivity contribution in [2.24, 2.45) is 0 Å². The van der Waals surface area contributed by atoms with Gasteiger partial charge in [0.2, 0.25) is 0 Å². The second kappa shape index (κ2) is 4.52. The van der Waals surface area contributed by atoms with Crippen molar-refractivity contribution in [3.05, 3.63) is 59.9 Å². The molecule has 2 heteroatoms. The summed E-state index contributed by atoms with van der Waals surface area (Å²) in [7, 11) is 0. The van der Waals surface area contributed by atoms with E-state index in [9.17, 15) is 0 Å². The maximum absolute atomic E-state index is 4.91. The highest BCUT2D eigenvalue weighted by Crippen LogP contribution is 2.33. The van der Waals surface area contributed by atoms with Gasteiger partial charge in [0.05, 0.1) is 22.4 Å². The Bertz CT molecular complexity index is 987. The van der Waals surface area contributed by atoms with Crippen molar-refractivity contribution < 1.29 is 0 Å². The Hall–Kier alpha value is -2.48. The molecule has 0 spiro atoms. The van der Waals surface area contributed by atoms with Crippen molar-refractivity contribution in [3.63, 3.8) is 0 Å². The van der Waals surface area contributed by atoms with Crippen LogP contribution in [0.2, 0.25) is 0 Å². The molecule has 102 valence electrons. The monoisotopic (exact) mass is 272 g/mol. The lowest BCUT2D eigenvalue weighted by molar-refractivity contribution is 0.992. The lowest BCUT2D eigenvalue weighted by Crippen LogP contribution is -1.98. The molecule has 0 N–H and O–H groups in total. The Morgan fingerprint density at radius 2 is 1.19 bits per heavy atom. The Morgan fingerprint density at radius 3 is 1.71 bits per heavy atom. The SMILES string of the molecule is CCc1nc2c3ccccc3c3ccccc3c2nc1C. The zero-order chi connectivity index (χ0) is 14.4. The van der Waals surface area contributed by atoms with Crippen LogP contribution in [0.15, 0.2) is 48.5 Å². The topological polar surface area (TPSA) is 25.8 Å². The van der Waals surface area contributed by atoms with E-state index in [4.69, 9.17) is 9.97 Å². The molecule has 0 aliphatic carbocycles. The Labute approximate surface area is 123 Å². The second-order valence-corrected chi connectivity index (χ2v) is 5.40. The third kappa shape index (κ3) is 1.72. The van der Waals surface area contributed by atoms with E-state index >= 15 is 0 Å². The number of fused-ring (bicyclic) bond motifs is 6. The van der Waals surface area contributed by atoms with Crippen LogP contribution in [0.1, 0.15) is 18.3 Å². The summed E-state index contributed by atoms with van der Waals surface area (Å²) >= 11 is 0. The van der Waals surface area contributed by atoms with E-state index < -0.39 is 0 Å². The molecular weight excluding hydrogens is 256 g/mol. The van der Waals surface area contributed by atoms with Gasteiger partial charge < -0.3 is 0 Å². The number of nitrogens with zero attached hydrogens (tertiary/aromatic N) is 2. The van der Waals surface area contributed by atoms with Crippen LogP contribution < -0.4 is 0 Å². The van der Waals surface area contributed by atoms with E-state index in [1.165, 1.54) is 21.5 Å². The molecule has 0 aliphatic heterocycles. The van der Waals surface area contributed by atoms with Crippen molar-refractivity contribution in [1.29, 1.82) is 0 Å². The quantitative estimate of drug-likeness (QED) is 0.465. The third-order valence-electron chi connectivity index (χ3n) is 4.16. The van der Waals surface area contributed by atoms with Gasteiger partial charge in [0, 0.05) is 10.8 Å². The van der Waals surface area contributed by atoms with Crippen LogP contribution in [-0.2, 0) is 6.42 Å². The Kier molecular flexibility index (Phi) is 2.64. The summed E-state index contributed by atoms with van der Waals surface area (Å²) in [4.78, 5) is 9.77. The van der Waals surface area contributed by atoms with E-state index in [2.05, 4.69) is 62.4 Å².